The van der Waals surface area contributed by atoms with Crippen LogP contribution in [0, 0.1) is 0 Å². The number of anilines is 1. The molecule has 0 aromatic heterocycles. The second kappa shape index (κ2) is 8.84. The third-order valence-electron chi connectivity index (χ3n) is 3.77. The van der Waals surface area contributed by atoms with E-state index in [1.807, 2.05) is 0 Å². The summed E-state index contributed by atoms with van der Waals surface area (Å²) in [5, 5.41) is 0. The molecule has 27 heavy (non-hydrogen) atoms. The number of ketones is 1. The molecule has 0 radical (unpaired) electrons. The molecule has 142 valence electrons. The molecule has 2 rings (SSSR count). The van der Waals surface area contributed by atoms with Gasteiger partial charge in [0.1, 0.15) is 17.2 Å². The second-order valence-corrected chi connectivity index (χ2v) is 5.69. The average Bonchev–Trinajstić information content (AvgIpc) is 2.65. The lowest BCUT2D eigenvalue weighted by atomic mass is 10.1. The molecule has 0 bridgehead atoms. The Labute approximate surface area is 157 Å². The van der Waals surface area contributed by atoms with Crippen LogP contribution in [0.2, 0.25) is 0 Å². The highest BCUT2D eigenvalue weighted by molar-refractivity contribution is 6.06. The number of hydrogen-bond donors (Lipinski definition) is 0. The summed E-state index contributed by atoms with van der Waals surface area (Å²) >= 11 is 0. The zero-order valence-corrected chi connectivity index (χ0v) is 15.6. The van der Waals surface area contributed by atoms with Gasteiger partial charge in [-0.1, -0.05) is 12.1 Å². The van der Waals surface area contributed by atoms with Crippen molar-refractivity contribution in [1.82, 2.24) is 0 Å². The first-order valence-corrected chi connectivity index (χ1v) is 8.17. The van der Waals surface area contributed by atoms with Crippen molar-refractivity contribution in [2.75, 3.05) is 25.7 Å². The normalized spacial score (nSPS) is 10.1. The summed E-state index contributed by atoms with van der Waals surface area (Å²) in [6.45, 7) is 2.38. The first-order valence-electron chi connectivity index (χ1n) is 8.17. The van der Waals surface area contributed by atoms with Crippen LogP contribution in [0.4, 0.5) is 5.69 Å². The fourth-order valence-electron chi connectivity index (χ4n) is 2.50. The van der Waals surface area contributed by atoms with Crippen LogP contribution in [0.15, 0.2) is 42.5 Å². The van der Waals surface area contributed by atoms with E-state index in [0.717, 1.165) is 0 Å². The molecule has 2 aromatic rings. The Kier molecular flexibility index (Phi) is 6.54. The van der Waals surface area contributed by atoms with Gasteiger partial charge < -0.3 is 19.1 Å². The third-order valence-corrected chi connectivity index (χ3v) is 3.77. The summed E-state index contributed by atoms with van der Waals surface area (Å²) in [6, 6.07) is 11.3. The van der Waals surface area contributed by atoms with Crippen molar-refractivity contribution in [2.24, 2.45) is 0 Å². The molecule has 0 aliphatic carbocycles. The van der Waals surface area contributed by atoms with Gasteiger partial charge in [0.15, 0.2) is 5.78 Å². The smallest absolute Gasteiger partial charge is 0.308 e. The first-order chi connectivity index (χ1) is 12.8. The molecule has 0 unspecified atom stereocenters. The van der Waals surface area contributed by atoms with Crippen molar-refractivity contribution in [3.63, 3.8) is 0 Å². The molecule has 0 N–H and O–H groups in total. The number of hydrogen-bond acceptors (Lipinski definition) is 6. The molecule has 0 aliphatic heterocycles. The van der Waals surface area contributed by atoms with E-state index >= 15 is 0 Å². The highest BCUT2D eigenvalue weighted by atomic mass is 16.5. The molecular formula is C20H21NO6. The van der Waals surface area contributed by atoms with Crippen LogP contribution >= 0.6 is 0 Å². The van der Waals surface area contributed by atoms with Crippen LogP contribution in [-0.2, 0) is 9.59 Å². The summed E-state index contributed by atoms with van der Waals surface area (Å²) in [4.78, 5) is 37.5. The highest BCUT2D eigenvalue weighted by Crippen LogP contribution is 2.29. The van der Waals surface area contributed by atoms with Crippen LogP contribution < -0.4 is 19.1 Å². The topological polar surface area (TPSA) is 82.1 Å². The van der Waals surface area contributed by atoms with Crippen LogP contribution in [-0.4, -0.2) is 38.4 Å². The zero-order chi connectivity index (χ0) is 20.0. The fourth-order valence-corrected chi connectivity index (χ4v) is 2.50. The minimum Gasteiger partial charge on any atom is -0.497 e. The number of carbonyl (C=O) groups excluding carboxylic acids is 3. The summed E-state index contributed by atoms with van der Waals surface area (Å²) < 4.78 is 15.5. The van der Waals surface area contributed by atoms with Gasteiger partial charge in [0.2, 0.25) is 5.91 Å². The van der Waals surface area contributed by atoms with E-state index in [1.54, 1.807) is 36.4 Å². The Balaban J connectivity index is 2.36. The molecule has 7 heteroatoms. The van der Waals surface area contributed by atoms with Crippen molar-refractivity contribution in [3.8, 4) is 17.2 Å². The minimum absolute atomic E-state index is 0.154. The Bertz CT molecular complexity index is 839. The van der Waals surface area contributed by atoms with Gasteiger partial charge in [0.25, 0.3) is 0 Å². The van der Waals surface area contributed by atoms with E-state index in [1.165, 1.54) is 39.0 Å². The monoisotopic (exact) mass is 371 g/mol. The quantitative estimate of drug-likeness (QED) is 0.423. The van der Waals surface area contributed by atoms with Crippen molar-refractivity contribution in [3.05, 3.63) is 48.0 Å². The molecule has 7 nitrogen and oxygen atoms in total. The molecular weight excluding hydrogens is 350 g/mol. The first kappa shape index (κ1) is 20.0. The van der Waals surface area contributed by atoms with Crippen molar-refractivity contribution < 1.29 is 28.6 Å². The number of amides is 1. The van der Waals surface area contributed by atoms with Crippen molar-refractivity contribution in [2.45, 2.75) is 13.8 Å². The molecule has 0 atom stereocenters. The molecule has 0 spiro atoms. The maximum absolute atomic E-state index is 12.8. The lowest BCUT2D eigenvalue weighted by Crippen LogP contribution is -2.34. The standard InChI is InChI=1S/C20H21NO6/c1-13(22)21(15-9-16(25-3)11-17(10-15)26-4)12-19(24)18-7-5-6-8-20(18)27-14(2)23/h5-11H,12H2,1-4H3. The highest BCUT2D eigenvalue weighted by Gasteiger charge is 2.21. The Morgan fingerprint density at radius 3 is 2.04 bits per heavy atom. The Hall–Kier alpha value is -3.35. The number of rotatable bonds is 7. The van der Waals surface area contributed by atoms with E-state index in [9.17, 15) is 14.4 Å². The van der Waals surface area contributed by atoms with Crippen molar-refractivity contribution in [1.29, 1.82) is 0 Å². The van der Waals surface area contributed by atoms with Gasteiger partial charge in [-0.2, -0.15) is 0 Å². The van der Waals surface area contributed by atoms with Gasteiger partial charge in [0.05, 0.1) is 32.0 Å². The van der Waals surface area contributed by atoms with Crippen LogP contribution in [0.3, 0.4) is 0 Å². The molecule has 2 aromatic carbocycles. The number of para-hydroxylation sites is 1. The SMILES string of the molecule is COc1cc(OC)cc(N(CC(=O)c2ccccc2OC(C)=O)C(C)=O)c1. The summed E-state index contributed by atoms with van der Waals surface area (Å²) in [6.07, 6.45) is 0. The van der Waals surface area contributed by atoms with Gasteiger partial charge >= 0.3 is 5.97 Å². The molecule has 1 amide bonds. The molecule has 0 heterocycles. The molecule has 0 fully saturated rings. The van der Waals surface area contributed by atoms with Crippen molar-refractivity contribution >= 4 is 23.3 Å². The number of nitrogens with zero attached hydrogens (tertiary/aromatic N) is 1. The van der Waals surface area contributed by atoms with E-state index in [0.29, 0.717) is 17.2 Å². The molecule has 0 aliphatic rings. The van der Waals surface area contributed by atoms with E-state index in [4.69, 9.17) is 14.2 Å². The van der Waals surface area contributed by atoms with Gasteiger partial charge in [-0.05, 0) is 12.1 Å². The second-order valence-electron chi connectivity index (χ2n) is 5.69. The van der Waals surface area contributed by atoms with Gasteiger partial charge in [-0.3, -0.25) is 14.4 Å². The van der Waals surface area contributed by atoms with Gasteiger partial charge in [-0.25, -0.2) is 0 Å². The summed E-state index contributed by atoms with van der Waals surface area (Å²) in [5.74, 6) is -0.0999. The fraction of sp³-hybridized carbons (Fsp3) is 0.250. The largest absolute Gasteiger partial charge is 0.497 e. The summed E-state index contributed by atoms with van der Waals surface area (Å²) in [5.41, 5.74) is 0.672. The minimum atomic E-state index is -0.531. The number of Topliss-reactive ketones (excluding diaryl/α,β-unsaturated/α-hetero) is 1. The number of ether oxygens (including phenoxy) is 3. The predicted molar refractivity (Wildman–Crippen MR) is 99.7 cm³/mol. The predicted octanol–water partition coefficient (Wildman–Crippen LogP) is 2.86. The number of carbonyl (C=O) groups is 3. The van der Waals surface area contributed by atoms with Gasteiger partial charge in [-0.15, -0.1) is 0 Å². The van der Waals surface area contributed by atoms with Crippen LogP contribution in [0.1, 0.15) is 24.2 Å². The molecule has 0 saturated carbocycles. The number of benzene rings is 2. The van der Waals surface area contributed by atoms with Crippen LogP contribution in [0.5, 0.6) is 17.2 Å². The lowest BCUT2D eigenvalue weighted by molar-refractivity contribution is -0.131. The Morgan fingerprint density at radius 2 is 1.52 bits per heavy atom. The Morgan fingerprint density at radius 1 is 0.926 bits per heavy atom. The maximum Gasteiger partial charge on any atom is 0.308 e. The number of esters is 1. The number of methoxy groups -OCH3 is 2. The van der Waals surface area contributed by atoms with Gasteiger partial charge in [0, 0.05) is 32.0 Å². The van der Waals surface area contributed by atoms with E-state index in [2.05, 4.69) is 0 Å². The molecule has 0 saturated heterocycles. The van der Waals surface area contributed by atoms with E-state index < -0.39 is 5.97 Å². The van der Waals surface area contributed by atoms with E-state index in [-0.39, 0.29) is 29.5 Å². The zero-order valence-electron chi connectivity index (χ0n) is 15.6. The summed E-state index contributed by atoms with van der Waals surface area (Å²) in [7, 11) is 2.99. The maximum atomic E-state index is 12.8. The third kappa shape index (κ3) is 5.07. The lowest BCUT2D eigenvalue weighted by Gasteiger charge is -2.22. The van der Waals surface area contributed by atoms with Crippen LogP contribution in [0.25, 0.3) is 0 Å². The average molecular weight is 371 g/mol.